The summed E-state index contributed by atoms with van der Waals surface area (Å²) in [6, 6.07) is 11.0. The van der Waals surface area contributed by atoms with Crippen LogP contribution in [0.3, 0.4) is 0 Å². The third kappa shape index (κ3) is 3.33. The zero-order chi connectivity index (χ0) is 17.1. The lowest BCUT2D eigenvalue weighted by Gasteiger charge is -2.30. The molecule has 0 bridgehead atoms. The van der Waals surface area contributed by atoms with Crippen molar-refractivity contribution in [2.45, 2.75) is 31.8 Å². The molecule has 0 unspecified atom stereocenters. The van der Waals surface area contributed by atoms with Gasteiger partial charge in [-0.05, 0) is 37.1 Å². The van der Waals surface area contributed by atoms with Crippen LogP contribution in [0.25, 0.3) is 0 Å². The maximum Gasteiger partial charge on any atom is 0.242 e. The first kappa shape index (κ1) is 16.6. The molecule has 0 radical (unpaired) electrons. The van der Waals surface area contributed by atoms with E-state index < -0.39 is 6.04 Å². The number of aryl methyl sites for hydroxylation is 1. The largest absolute Gasteiger partial charge is 0.467 e. The minimum absolute atomic E-state index is 0.00565. The predicted octanol–water partition coefficient (Wildman–Crippen LogP) is 2.87. The molecule has 1 N–H and O–H groups in total. The molecule has 3 rings (SSSR count). The molecule has 1 aromatic heterocycles. The van der Waals surface area contributed by atoms with Gasteiger partial charge >= 0.3 is 0 Å². The van der Waals surface area contributed by atoms with Crippen molar-refractivity contribution in [1.29, 1.82) is 0 Å². The van der Waals surface area contributed by atoms with E-state index in [1.165, 1.54) is 0 Å². The summed E-state index contributed by atoms with van der Waals surface area (Å²) in [5.74, 6) is 0.900. The second-order valence-corrected chi connectivity index (χ2v) is 6.86. The SMILES string of the molecule is Cc1ccccc1[C@@H]1SCC(=O)N1[C@@H](C)C(=O)NCc1ccco1. The van der Waals surface area contributed by atoms with E-state index in [4.69, 9.17) is 4.42 Å². The van der Waals surface area contributed by atoms with Gasteiger partial charge in [0.05, 0.1) is 18.6 Å². The van der Waals surface area contributed by atoms with E-state index in [-0.39, 0.29) is 17.2 Å². The minimum atomic E-state index is -0.535. The molecule has 2 atom stereocenters. The first-order valence-electron chi connectivity index (χ1n) is 7.86. The molecule has 5 nitrogen and oxygen atoms in total. The van der Waals surface area contributed by atoms with E-state index in [2.05, 4.69) is 5.32 Å². The van der Waals surface area contributed by atoms with Crippen LogP contribution >= 0.6 is 11.8 Å². The minimum Gasteiger partial charge on any atom is -0.467 e. The second-order valence-electron chi connectivity index (χ2n) is 5.79. The van der Waals surface area contributed by atoms with Crippen LogP contribution in [-0.4, -0.2) is 28.5 Å². The zero-order valence-electron chi connectivity index (χ0n) is 13.7. The monoisotopic (exact) mass is 344 g/mol. The highest BCUT2D eigenvalue weighted by Crippen LogP contribution is 2.41. The summed E-state index contributed by atoms with van der Waals surface area (Å²) in [6.07, 6.45) is 1.57. The van der Waals surface area contributed by atoms with Gasteiger partial charge in [-0.1, -0.05) is 24.3 Å². The van der Waals surface area contributed by atoms with Gasteiger partial charge < -0.3 is 14.6 Å². The molecule has 1 aliphatic rings. The summed E-state index contributed by atoms with van der Waals surface area (Å²) in [6.45, 7) is 4.12. The Bertz CT molecular complexity index is 730. The lowest BCUT2D eigenvalue weighted by Crippen LogP contribution is -2.46. The average Bonchev–Trinajstić information content (AvgIpc) is 3.22. The number of rotatable bonds is 5. The van der Waals surface area contributed by atoms with Crippen molar-refractivity contribution >= 4 is 23.6 Å². The fourth-order valence-electron chi connectivity index (χ4n) is 2.82. The van der Waals surface area contributed by atoms with Crippen LogP contribution in [0.15, 0.2) is 47.1 Å². The fourth-order valence-corrected chi connectivity index (χ4v) is 4.17. The number of carbonyl (C=O) groups is 2. The molecule has 0 saturated carbocycles. The van der Waals surface area contributed by atoms with Crippen LogP contribution in [0.1, 0.15) is 29.2 Å². The van der Waals surface area contributed by atoms with Crippen LogP contribution < -0.4 is 5.32 Å². The highest BCUT2D eigenvalue weighted by Gasteiger charge is 2.39. The molecule has 24 heavy (non-hydrogen) atoms. The van der Waals surface area contributed by atoms with E-state index in [1.807, 2.05) is 31.2 Å². The van der Waals surface area contributed by atoms with Crippen molar-refractivity contribution in [1.82, 2.24) is 10.2 Å². The van der Waals surface area contributed by atoms with Crippen molar-refractivity contribution in [3.8, 4) is 0 Å². The molecule has 6 heteroatoms. The number of carbonyl (C=O) groups excluding carboxylic acids is 2. The van der Waals surface area contributed by atoms with E-state index in [1.54, 1.807) is 42.0 Å². The Morgan fingerprint density at radius 2 is 2.17 bits per heavy atom. The Morgan fingerprint density at radius 1 is 1.38 bits per heavy atom. The topological polar surface area (TPSA) is 62.6 Å². The van der Waals surface area contributed by atoms with E-state index in [0.717, 1.165) is 11.1 Å². The molecule has 2 amide bonds. The van der Waals surface area contributed by atoms with Gasteiger partial charge in [-0.2, -0.15) is 0 Å². The van der Waals surface area contributed by atoms with Crippen LogP contribution in [0.2, 0.25) is 0 Å². The molecule has 1 aromatic carbocycles. The first-order valence-corrected chi connectivity index (χ1v) is 8.91. The van der Waals surface area contributed by atoms with Gasteiger partial charge in [-0.15, -0.1) is 11.8 Å². The summed E-state index contributed by atoms with van der Waals surface area (Å²) >= 11 is 1.57. The summed E-state index contributed by atoms with van der Waals surface area (Å²) in [4.78, 5) is 26.5. The van der Waals surface area contributed by atoms with Gasteiger partial charge in [0.25, 0.3) is 0 Å². The van der Waals surface area contributed by atoms with Crippen LogP contribution in [-0.2, 0) is 16.1 Å². The standard InChI is InChI=1S/C18H20N2O3S/c1-12-6-3-4-8-15(12)18-20(16(21)11-24-18)13(2)17(22)19-10-14-7-5-9-23-14/h3-9,13,18H,10-11H2,1-2H3,(H,19,22)/t13-,18-/m0/s1. The Morgan fingerprint density at radius 3 is 2.88 bits per heavy atom. The number of hydrogen-bond donors (Lipinski definition) is 1. The van der Waals surface area contributed by atoms with Crippen molar-refractivity contribution in [2.75, 3.05) is 5.75 Å². The molecule has 0 aliphatic carbocycles. The third-order valence-corrected chi connectivity index (χ3v) is 5.38. The molecule has 2 aromatic rings. The number of furan rings is 1. The Labute approximate surface area is 145 Å². The Kier molecular flexibility index (Phi) is 4.94. The van der Waals surface area contributed by atoms with Crippen LogP contribution in [0.4, 0.5) is 0 Å². The van der Waals surface area contributed by atoms with Crippen molar-refractivity contribution in [2.24, 2.45) is 0 Å². The molecular formula is C18H20N2O3S. The van der Waals surface area contributed by atoms with Gasteiger partial charge in [0.15, 0.2) is 0 Å². The molecule has 2 heterocycles. The van der Waals surface area contributed by atoms with Gasteiger partial charge in [0.2, 0.25) is 11.8 Å². The summed E-state index contributed by atoms with van der Waals surface area (Å²) in [5.41, 5.74) is 2.21. The van der Waals surface area contributed by atoms with Crippen molar-refractivity contribution in [3.63, 3.8) is 0 Å². The third-order valence-electron chi connectivity index (χ3n) is 4.17. The number of benzene rings is 1. The molecule has 0 spiro atoms. The Balaban J connectivity index is 1.73. The normalized spacial score (nSPS) is 18.7. The van der Waals surface area contributed by atoms with E-state index in [0.29, 0.717) is 18.1 Å². The van der Waals surface area contributed by atoms with Gasteiger partial charge in [0.1, 0.15) is 17.2 Å². The Hall–Kier alpha value is -2.21. The number of amides is 2. The predicted molar refractivity (Wildman–Crippen MR) is 93.2 cm³/mol. The van der Waals surface area contributed by atoms with Gasteiger partial charge in [-0.25, -0.2) is 0 Å². The maximum atomic E-state index is 12.5. The van der Waals surface area contributed by atoms with Crippen molar-refractivity contribution in [3.05, 3.63) is 59.5 Å². The van der Waals surface area contributed by atoms with Gasteiger partial charge in [0, 0.05) is 0 Å². The van der Waals surface area contributed by atoms with E-state index in [9.17, 15) is 9.59 Å². The molecule has 1 fully saturated rings. The molecule has 1 saturated heterocycles. The molecule has 126 valence electrons. The molecule has 1 aliphatic heterocycles. The number of hydrogen-bond acceptors (Lipinski definition) is 4. The van der Waals surface area contributed by atoms with Gasteiger partial charge in [-0.3, -0.25) is 9.59 Å². The first-order chi connectivity index (χ1) is 11.6. The summed E-state index contributed by atoms with van der Waals surface area (Å²) < 4.78 is 5.22. The fraction of sp³-hybridized carbons (Fsp3) is 0.333. The number of nitrogens with zero attached hydrogens (tertiary/aromatic N) is 1. The summed E-state index contributed by atoms with van der Waals surface area (Å²) in [5, 5.41) is 2.71. The van der Waals surface area contributed by atoms with E-state index >= 15 is 0 Å². The maximum absolute atomic E-state index is 12.5. The average molecular weight is 344 g/mol. The lowest BCUT2D eigenvalue weighted by molar-refractivity contribution is -0.138. The van der Waals surface area contributed by atoms with Crippen LogP contribution in [0, 0.1) is 6.92 Å². The smallest absolute Gasteiger partial charge is 0.242 e. The van der Waals surface area contributed by atoms with Crippen LogP contribution in [0.5, 0.6) is 0 Å². The van der Waals surface area contributed by atoms with Crippen molar-refractivity contribution < 1.29 is 14.0 Å². The number of thioether (sulfide) groups is 1. The summed E-state index contributed by atoms with van der Waals surface area (Å²) in [7, 11) is 0. The number of nitrogens with one attached hydrogen (secondary N) is 1. The highest BCUT2D eigenvalue weighted by atomic mass is 32.2. The molecular weight excluding hydrogens is 324 g/mol. The second kappa shape index (κ2) is 7.13. The lowest BCUT2D eigenvalue weighted by atomic mass is 10.1. The highest BCUT2D eigenvalue weighted by molar-refractivity contribution is 8.00. The zero-order valence-corrected chi connectivity index (χ0v) is 14.5. The quantitative estimate of drug-likeness (QED) is 0.906.